The van der Waals surface area contributed by atoms with E-state index in [0.29, 0.717) is 10.9 Å². The number of rotatable bonds is 2. The van der Waals surface area contributed by atoms with Gasteiger partial charge in [-0.2, -0.15) is 0 Å². The van der Waals surface area contributed by atoms with Crippen LogP contribution in [-0.4, -0.2) is 37.0 Å². The molecule has 1 heterocycles. The predicted octanol–water partition coefficient (Wildman–Crippen LogP) is 1.07. The molecular weight excluding hydrogens is 322 g/mol. The SMILES string of the molecule is O=C(NC1CCS(=O)(=O)C1)c1ccc(Br)cc1O. The zero-order chi connectivity index (χ0) is 13.3. The average Bonchev–Trinajstić information content (AvgIpc) is 2.57. The number of nitrogens with one attached hydrogen (secondary N) is 1. The van der Waals surface area contributed by atoms with Crippen LogP contribution in [-0.2, 0) is 9.84 Å². The fourth-order valence-electron chi connectivity index (χ4n) is 1.87. The van der Waals surface area contributed by atoms with E-state index >= 15 is 0 Å². The summed E-state index contributed by atoms with van der Waals surface area (Å²) < 4.78 is 23.2. The zero-order valence-electron chi connectivity index (χ0n) is 9.39. The minimum Gasteiger partial charge on any atom is -0.507 e. The van der Waals surface area contributed by atoms with E-state index in [-0.39, 0.29) is 28.9 Å². The van der Waals surface area contributed by atoms with Crippen LogP contribution >= 0.6 is 15.9 Å². The van der Waals surface area contributed by atoms with E-state index in [1.54, 1.807) is 6.07 Å². The summed E-state index contributed by atoms with van der Waals surface area (Å²) in [5.74, 6) is -0.523. The largest absolute Gasteiger partial charge is 0.507 e. The van der Waals surface area contributed by atoms with E-state index in [1.165, 1.54) is 12.1 Å². The molecule has 2 rings (SSSR count). The molecule has 0 aromatic heterocycles. The van der Waals surface area contributed by atoms with Crippen molar-refractivity contribution >= 4 is 31.7 Å². The summed E-state index contributed by atoms with van der Waals surface area (Å²) in [5, 5.41) is 12.2. The van der Waals surface area contributed by atoms with E-state index in [2.05, 4.69) is 21.2 Å². The summed E-state index contributed by atoms with van der Waals surface area (Å²) in [6, 6.07) is 4.17. The van der Waals surface area contributed by atoms with Crippen molar-refractivity contribution in [3.8, 4) is 5.75 Å². The number of phenols is 1. The molecular formula is C11H12BrNO4S. The summed E-state index contributed by atoms with van der Waals surface area (Å²) in [7, 11) is -3.02. The molecule has 0 radical (unpaired) electrons. The molecule has 1 atom stereocenters. The van der Waals surface area contributed by atoms with Crippen molar-refractivity contribution < 1.29 is 18.3 Å². The number of phenolic OH excluding ortho intramolecular Hbond substituents is 1. The smallest absolute Gasteiger partial charge is 0.255 e. The predicted molar refractivity (Wildman–Crippen MR) is 70.3 cm³/mol. The van der Waals surface area contributed by atoms with Crippen molar-refractivity contribution in [2.45, 2.75) is 12.5 Å². The van der Waals surface area contributed by atoms with Gasteiger partial charge in [-0.3, -0.25) is 4.79 Å². The van der Waals surface area contributed by atoms with E-state index in [9.17, 15) is 18.3 Å². The highest BCUT2D eigenvalue weighted by Crippen LogP contribution is 2.22. The van der Waals surface area contributed by atoms with Gasteiger partial charge in [-0.05, 0) is 24.6 Å². The third kappa shape index (κ3) is 3.02. The molecule has 1 aliphatic heterocycles. The van der Waals surface area contributed by atoms with Gasteiger partial charge in [0, 0.05) is 10.5 Å². The van der Waals surface area contributed by atoms with Gasteiger partial charge < -0.3 is 10.4 Å². The Morgan fingerprint density at radius 3 is 2.72 bits per heavy atom. The second kappa shape index (κ2) is 4.89. The molecule has 1 aromatic rings. The van der Waals surface area contributed by atoms with Crippen LogP contribution in [0.3, 0.4) is 0 Å². The molecule has 1 saturated heterocycles. The number of sulfone groups is 1. The van der Waals surface area contributed by atoms with Gasteiger partial charge in [0.2, 0.25) is 0 Å². The Morgan fingerprint density at radius 2 is 2.17 bits per heavy atom. The lowest BCUT2D eigenvalue weighted by Gasteiger charge is -2.11. The summed E-state index contributed by atoms with van der Waals surface area (Å²) in [6.07, 6.45) is 0.422. The lowest BCUT2D eigenvalue weighted by molar-refractivity contribution is 0.0938. The number of halogens is 1. The minimum absolute atomic E-state index is 0.0317. The lowest BCUT2D eigenvalue weighted by Crippen LogP contribution is -2.35. The standard InChI is InChI=1S/C11H12BrNO4S/c12-7-1-2-9(10(14)5-7)11(15)13-8-3-4-18(16,17)6-8/h1-2,5,8,14H,3-4,6H2,(H,13,15). The van der Waals surface area contributed by atoms with Crippen LogP contribution in [0, 0.1) is 0 Å². The first-order valence-corrected chi connectivity index (χ1v) is 7.98. The van der Waals surface area contributed by atoms with E-state index in [1.807, 2.05) is 0 Å². The van der Waals surface area contributed by atoms with Gasteiger partial charge in [-0.25, -0.2) is 8.42 Å². The second-order valence-corrected chi connectivity index (χ2v) is 7.38. The molecule has 7 heteroatoms. The number of carbonyl (C=O) groups is 1. The Kier molecular flexibility index (Phi) is 3.63. The van der Waals surface area contributed by atoms with Gasteiger partial charge in [-0.1, -0.05) is 15.9 Å². The quantitative estimate of drug-likeness (QED) is 0.848. The van der Waals surface area contributed by atoms with Crippen LogP contribution in [0.2, 0.25) is 0 Å². The third-order valence-corrected chi connectivity index (χ3v) is 5.03. The van der Waals surface area contributed by atoms with E-state index < -0.39 is 15.7 Å². The Morgan fingerprint density at radius 1 is 1.44 bits per heavy atom. The number of carbonyl (C=O) groups excluding carboxylic acids is 1. The molecule has 98 valence electrons. The number of amides is 1. The molecule has 1 fully saturated rings. The van der Waals surface area contributed by atoms with Gasteiger partial charge in [0.25, 0.3) is 5.91 Å². The third-order valence-electron chi connectivity index (χ3n) is 2.77. The summed E-state index contributed by atoms with van der Waals surface area (Å²) in [4.78, 5) is 11.9. The monoisotopic (exact) mass is 333 g/mol. The maximum Gasteiger partial charge on any atom is 0.255 e. The molecule has 1 amide bonds. The lowest BCUT2D eigenvalue weighted by atomic mass is 10.1. The average molecular weight is 334 g/mol. The topological polar surface area (TPSA) is 83.5 Å². The number of hydrogen-bond donors (Lipinski definition) is 2. The summed E-state index contributed by atoms with van der Waals surface area (Å²) in [6.45, 7) is 0. The molecule has 0 saturated carbocycles. The van der Waals surface area contributed by atoms with Crippen molar-refractivity contribution in [1.29, 1.82) is 0 Å². The highest BCUT2D eigenvalue weighted by Gasteiger charge is 2.29. The van der Waals surface area contributed by atoms with E-state index in [4.69, 9.17) is 0 Å². The van der Waals surface area contributed by atoms with E-state index in [0.717, 1.165) is 0 Å². The number of hydrogen-bond acceptors (Lipinski definition) is 4. The Labute approximate surface area is 113 Å². The van der Waals surface area contributed by atoms with Crippen molar-refractivity contribution in [2.24, 2.45) is 0 Å². The number of benzene rings is 1. The fourth-order valence-corrected chi connectivity index (χ4v) is 3.89. The van der Waals surface area contributed by atoms with Crippen molar-refractivity contribution in [1.82, 2.24) is 5.32 Å². The first-order valence-electron chi connectivity index (χ1n) is 5.37. The van der Waals surface area contributed by atoms with Crippen LogP contribution in [0.1, 0.15) is 16.8 Å². The first-order chi connectivity index (χ1) is 8.37. The zero-order valence-corrected chi connectivity index (χ0v) is 11.8. The number of aromatic hydroxyl groups is 1. The Bertz CT molecular complexity index is 585. The summed E-state index contributed by atoms with van der Waals surface area (Å²) in [5.41, 5.74) is 0.141. The van der Waals surface area contributed by atoms with Crippen LogP contribution in [0.5, 0.6) is 5.75 Å². The van der Waals surface area contributed by atoms with Crippen LogP contribution in [0.4, 0.5) is 0 Å². The van der Waals surface area contributed by atoms with Crippen LogP contribution < -0.4 is 5.32 Å². The van der Waals surface area contributed by atoms with Gasteiger partial charge in [-0.15, -0.1) is 0 Å². The Hall–Kier alpha value is -1.08. The Balaban J connectivity index is 2.09. The molecule has 1 aromatic carbocycles. The molecule has 5 nitrogen and oxygen atoms in total. The molecule has 1 aliphatic rings. The second-order valence-electron chi connectivity index (χ2n) is 4.23. The molecule has 18 heavy (non-hydrogen) atoms. The van der Waals surface area contributed by atoms with Crippen molar-refractivity contribution in [3.63, 3.8) is 0 Å². The maximum atomic E-state index is 11.9. The molecule has 0 bridgehead atoms. The van der Waals surface area contributed by atoms with Gasteiger partial charge in [0.1, 0.15) is 5.75 Å². The van der Waals surface area contributed by atoms with Crippen molar-refractivity contribution in [3.05, 3.63) is 28.2 Å². The molecule has 1 unspecified atom stereocenters. The molecule has 2 N–H and O–H groups in total. The maximum absolute atomic E-state index is 11.9. The van der Waals surface area contributed by atoms with Gasteiger partial charge in [0.15, 0.2) is 9.84 Å². The fraction of sp³-hybridized carbons (Fsp3) is 0.364. The van der Waals surface area contributed by atoms with Crippen LogP contribution in [0.25, 0.3) is 0 Å². The molecule has 0 spiro atoms. The van der Waals surface area contributed by atoms with Crippen molar-refractivity contribution in [2.75, 3.05) is 11.5 Å². The summed E-state index contributed by atoms with van der Waals surface area (Å²) >= 11 is 3.18. The molecule has 0 aliphatic carbocycles. The normalized spacial score (nSPS) is 21.7. The highest BCUT2D eigenvalue weighted by atomic mass is 79.9. The van der Waals surface area contributed by atoms with Gasteiger partial charge in [0.05, 0.1) is 17.1 Å². The van der Waals surface area contributed by atoms with Crippen LogP contribution in [0.15, 0.2) is 22.7 Å². The highest BCUT2D eigenvalue weighted by molar-refractivity contribution is 9.10. The minimum atomic E-state index is -3.02. The first kappa shape index (κ1) is 13.4. The van der Waals surface area contributed by atoms with Gasteiger partial charge >= 0.3 is 0 Å².